The summed E-state index contributed by atoms with van der Waals surface area (Å²) in [5, 5.41) is 0. The van der Waals surface area contributed by atoms with Gasteiger partial charge >= 0.3 is 0 Å². The van der Waals surface area contributed by atoms with Crippen molar-refractivity contribution < 1.29 is 19.0 Å². The summed E-state index contributed by atoms with van der Waals surface area (Å²) in [7, 11) is 3.32. The van der Waals surface area contributed by atoms with E-state index in [2.05, 4.69) is 27.7 Å². The Morgan fingerprint density at radius 2 is 1.88 bits per heavy atom. The first-order valence-electron chi connectivity index (χ1n) is 8.48. The first kappa shape index (κ1) is 16.9. The van der Waals surface area contributed by atoms with Crippen LogP contribution in [0.3, 0.4) is 0 Å². The lowest BCUT2D eigenvalue weighted by atomic mass is 9.74. The van der Waals surface area contributed by atoms with E-state index < -0.39 is 0 Å². The van der Waals surface area contributed by atoms with E-state index in [-0.39, 0.29) is 17.1 Å². The molecule has 0 unspecified atom stereocenters. The van der Waals surface area contributed by atoms with Crippen molar-refractivity contribution in [3.8, 4) is 17.2 Å². The van der Waals surface area contributed by atoms with E-state index in [1.54, 1.807) is 14.2 Å². The Hall–Kier alpha value is -1.97. The van der Waals surface area contributed by atoms with E-state index in [1.807, 2.05) is 6.07 Å². The van der Waals surface area contributed by atoms with Gasteiger partial charge in [-0.3, -0.25) is 4.79 Å². The number of hydrogen-bond acceptors (Lipinski definition) is 4. The Morgan fingerprint density at radius 3 is 2.46 bits per heavy atom. The number of ether oxygens (including phenoxy) is 3. The average molecular weight is 330 g/mol. The third-order valence-corrected chi connectivity index (χ3v) is 4.86. The van der Waals surface area contributed by atoms with Crippen LogP contribution in [0, 0.1) is 5.41 Å². The summed E-state index contributed by atoms with van der Waals surface area (Å²) in [6.07, 6.45) is 1.94. The second-order valence-corrected chi connectivity index (χ2v) is 7.79. The lowest BCUT2D eigenvalue weighted by molar-refractivity contribution is -0.118. The van der Waals surface area contributed by atoms with Crippen molar-refractivity contribution in [1.82, 2.24) is 0 Å². The van der Waals surface area contributed by atoms with Gasteiger partial charge < -0.3 is 14.2 Å². The number of benzene rings is 1. The fourth-order valence-corrected chi connectivity index (χ4v) is 3.75. The molecule has 1 heterocycles. The SMILES string of the molecule is COc1cc2c(c(OC)c1C(C)C)OC1=C(C2)C(=O)CC(C)(C)C1. The zero-order valence-corrected chi connectivity index (χ0v) is 15.4. The Bertz CT molecular complexity index is 726. The number of rotatable bonds is 3. The van der Waals surface area contributed by atoms with E-state index in [9.17, 15) is 4.79 Å². The molecule has 24 heavy (non-hydrogen) atoms. The molecule has 1 aromatic rings. The smallest absolute Gasteiger partial charge is 0.172 e. The van der Waals surface area contributed by atoms with Gasteiger partial charge in [0.05, 0.1) is 14.2 Å². The molecule has 0 aromatic heterocycles. The van der Waals surface area contributed by atoms with Crippen LogP contribution in [0.15, 0.2) is 17.4 Å². The molecule has 0 spiro atoms. The maximum Gasteiger partial charge on any atom is 0.172 e. The van der Waals surface area contributed by atoms with Crippen molar-refractivity contribution in [1.29, 1.82) is 0 Å². The van der Waals surface area contributed by atoms with Crippen LogP contribution in [-0.4, -0.2) is 20.0 Å². The number of Topliss-reactive ketones (excluding diaryl/α,β-unsaturated/α-hetero) is 1. The number of ketones is 1. The summed E-state index contributed by atoms with van der Waals surface area (Å²) in [4.78, 5) is 12.5. The Balaban J connectivity index is 2.14. The largest absolute Gasteiger partial charge is 0.496 e. The molecule has 0 radical (unpaired) electrons. The molecule has 1 aliphatic carbocycles. The summed E-state index contributed by atoms with van der Waals surface area (Å²) in [6.45, 7) is 8.43. The summed E-state index contributed by atoms with van der Waals surface area (Å²) in [5.41, 5.74) is 2.71. The van der Waals surface area contributed by atoms with Gasteiger partial charge in [0.15, 0.2) is 17.3 Å². The zero-order valence-electron chi connectivity index (χ0n) is 15.4. The molecule has 0 amide bonds. The lowest BCUT2D eigenvalue weighted by Crippen LogP contribution is -2.30. The molecule has 2 aliphatic rings. The molecule has 0 saturated carbocycles. The highest BCUT2D eigenvalue weighted by molar-refractivity contribution is 5.98. The summed E-state index contributed by atoms with van der Waals surface area (Å²) in [5.74, 6) is 3.49. The van der Waals surface area contributed by atoms with Gasteiger partial charge in [-0.05, 0) is 17.4 Å². The monoisotopic (exact) mass is 330 g/mol. The molecule has 0 bridgehead atoms. The van der Waals surface area contributed by atoms with E-state index >= 15 is 0 Å². The average Bonchev–Trinajstić information content (AvgIpc) is 2.50. The normalized spacial score (nSPS) is 18.9. The summed E-state index contributed by atoms with van der Waals surface area (Å²) < 4.78 is 17.5. The van der Waals surface area contributed by atoms with Gasteiger partial charge in [-0.25, -0.2) is 0 Å². The minimum absolute atomic E-state index is 0.0615. The molecule has 0 fully saturated rings. The standard InChI is InChI=1S/C20H26O4/c1-11(2)17-15(22-5)8-12-7-13-14(21)9-20(3,4)10-16(13)24-18(12)19(17)23-6/h8,11H,7,9-10H2,1-6H3. The first-order valence-corrected chi connectivity index (χ1v) is 8.48. The minimum Gasteiger partial charge on any atom is -0.496 e. The predicted molar refractivity (Wildman–Crippen MR) is 93.0 cm³/mol. The first-order chi connectivity index (χ1) is 11.3. The van der Waals surface area contributed by atoms with Crippen LogP contribution in [-0.2, 0) is 11.2 Å². The number of fused-ring (bicyclic) bond motifs is 1. The Morgan fingerprint density at radius 1 is 1.17 bits per heavy atom. The molecule has 130 valence electrons. The number of methoxy groups -OCH3 is 2. The third kappa shape index (κ3) is 2.68. The molecule has 1 aliphatic heterocycles. The summed E-state index contributed by atoms with van der Waals surface area (Å²) >= 11 is 0. The van der Waals surface area contributed by atoms with Gasteiger partial charge in [-0.15, -0.1) is 0 Å². The third-order valence-electron chi connectivity index (χ3n) is 4.86. The number of hydrogen-bond donors (Lipinski definition) is 0. The molecule has 4 heteroatoms. The highest BCUT2D eigenvalue weighted by atomic mass is 16.5. The molecular weight excluding hydrogens is 304 g/mol. The van der Waals surface area contributed by atoms with Gasteiger partial charge in [0.25, 0.3) is 0 Å². The van der Waals surface area contributed by atoms with Gasteiger partial charge in [-0.1, -0.05) is 27.7 Å². The van der Waals surface area contributed by atoms with Crippen molar-refractivity contribution in [2.24, 2.45) is 5.41 Å². The van der Waals surface area contributed by atoms with Crippen LogP contribution in [0.4, 0.5) is 0 Å². The molecule has 4 nitrogen and oxygen atoms in total. The Kier molecular flexibility index (Phi) is 4.10. The van der Waals surface area contributed by atoms with Crippen LogP contribution < -0.4 is 14.2 Å². The molecule has 1 aromatic carbocycles. The van der Waals surface area contributed by atoms with Gasteiger partial charge in [-0.2, -0.15) is 0 Å². The summed E-state index contributed by atoms with van der Waals surface area (Å²) in [6, 6.07) is 1.99. The van der Waals surface area contributed by atoms with E-state index in [4.69, 9.17) is 14.2 Å². The highest BCUT2D eigenvalue weighted by Crippen LogP contribution is 2.50. The van der Waals surface area contributed by atoms with Gasteiger partial charge in [0.2, 0.25) is 0 Å². The topological polar surface area (TPSA) is 44.8 Å². The number of carbonyl (C=O) groups excluding carboxylic acids is 1. The molecular formula is C20H26O4. The Labute approximate surface area is 143 Å². The van der Waals surface area contributed by atoms with E-state index in [0.29, 0.717) is 12.8 Å². The molecule has 0 saturated heterocycles. The van der Waals surface area contributed by atoms with E-state index in [0.717, 1.165) is 46.1 Å². The van der Waals surface area contributed by atoms with E-state index in [1.165, 1.54) is 0 Å². The second-order valence-electron chi connectivity index (χ2n) is 7.79. The lowest BCUT2D eigenvalue weighted by Gasteiger charge is -2.35. The minimum atomic E-state index is -0.0615. The van der Waals surface area contributed by atoms with Crippen molar-refractivity contribution in [2.45, 2.75) is 52.9 Å². The van der Waals surface area contributed by atoms with Crippen LogP contribution in [0.5, 0.6) is 17.2 Å². The maximum absolute atomic E-state index is 12.5. The number of carbonyl (C=O) groups is 1. The van der Waals surface area contributed by atoms with Crippen molar-refractivity contribution in [2.75, 3.05) is 14.2 Å². The van der Waals surface area contributed by atoms with Crippen LogP contribution in [0.25, 0.3) is 0 Å². The van der Waals surface area contributed by atoms with Crippen molar-refractivity contribution >= 4 is 5.78 Å². The quantitative estimate of drug-likeness (QED) is 0.824. The molecule has 0 atom stereocenters. The van der Waals surface area contributed by atoms with Crippen LogP contribution in [0.2, 0.25) is 0 Å². The molecule has 3 rings (SSSR count). The van der Waals surface area contributed by atoms with Gasteiger partial charge in [0.1, 0.15) is 11.5 Å². The highest BCUT2D eigenvalue weighted by Gasteiger charge is 2.38. The second kappa shape index (κ2) is 5.83. The van der Waals surface area contributed by atoms with Crippen molar-refractivity contribution in [3.63, 3.8) is 0 Å². The fraction of sp³-hybridized carbons (Fsp3) is 0.550. The zero-order chi connectivity index (χ0) is 17.6. The van der Waals surface area contributed by atoms with Crippen LogP contribution in [0.1, 0.15) is 57.6 Å². The van der Waals surface area contributed by atoms with Gasteiger partial charge in [0, 0.05) is 36.0 Å². The van der Waals surface area contributed by atoms with Crippen LogP contribution >= 0.6 is 0 Å². The number of allylic oxidation sites excluding steroid dienone is 2. The predicted octanol–water partition coefficient (Wildman–Crippen LogP) is 4.41. The maximum atomic E-state index is 12.5. The molecule has 0 N–H and O–H groups in total. The van der Waals surface area contributed by atoms with Crippen molar-refractivity contribution in [3.05, 3.63) is 28.5 Å². The fourth-order valence-electron chi connectivity index (χ4n) is 3.75.